The van der Waals surface area contributed by atoms with E-state index in [0.29, 0.717) is 27.4 Å². The summed E-state index contributed by atoms with van der Waals surface area (Å²) in [6, 6.07) is 20.6. The van der Waals surface area contributed by atoms with Crippen molar-refractivity contribution in [1.29, 1.82) is 0 Å². The summed E-state index contributed by atoms with van der Waals surface area (Å²) in [5.74, 6) is -1.99. The van der Waals surface area contributed by atoms with Crippen LogP contribution in [0.4, 0.5) is 5.69 Å². The minimum atomic E-state index is -0.956. The number of anilines is 1. The molecule has 178 valence electrons. The van der Waals surface area contributed by atoms with Gasteiger partial charge < -0.3 is 15.4 Å². The first-order valence-corrected chi connectivity index (χ1v) is 11.2. The van der Waals surface area contributed by atoms with Crippen LogP contribution in [0.15, 0.2) is 72.8 Å². The number of nitrogens with one attached hydrogen (secondary N) is 3. The molecule has 3 N–H and O–H groups in total. The molecule has 0 saturated heterocycles. The normalized spacial score (nSPS) is 10.6. The number of carbonyl (C=O) groups excluding carboxylic acids is 3. The average molecular weight is 511 g/mol. The Hall–Kier alpha value is -4.01. The van der Waals surface area contributed by atoms with Crippen LogP contribution in [0.25, 0.3) is 10.9 Å². The van der Waals surface area contributed by atoms with Gasteiger partial charge >= 0.3 is 11.8 Å². The summed E-state index contributed by atoms with van der Waals surface area (Å²) in [7, 11) is 1.47. The number of methoxy groups -OCH3 is 1. The van der Waals surface area contributed by atoms with Gasteiger partial charge in [-0.25, -0.2) is 4.68 Å². The third kappa shape index (κ3) is 5.40. The SMILES string of the molecule is COc1cccc2cc(C(=O)Nc3ccc(Cl)cc3Cl)n(NC(=O)C(=O)NCc3ccccc3)c12. The second kappa shape index (κ2) is 10.5. The van der Waals surface area contributed by atoms with Gasteiger partial charge in [0.1, 0.15) is 17.0 Å². The van der Waals surface area contributed by atoms with Crippen molar-refractivity contribution in [2.24, 2.45) is 0 Å². The first-order valence-electron chi connectivity index (χ1n) is 10.5. The van der Waals surface area contributed by atoms with Crippen LogP contribution >= 0.6 is 23.2 Å². The second-order valence-corrected chi connectivity index (χ2v) is 8.29. The number of amides is 3. The van der Waals surface area contributed by atoms with Crippen LogP contribution in [0.2, 0.25) is 10.0 Å². The average Bonchev–Trinajstić information content (AvgIpc) is 3.23. The molecule has 1 heterocycles. The van der Waals surface area contributed by atoms with Gasteiger partial charge in [-0.15, -0.1) is 0 Å². The lowest BCUT2D eigenvalue weighted by Crippen LogP contribution is -2.39. The van der Waals surface area contributed by atoms with Gasteiger partial charge in [-0.05, 0) is 35.9 Å². The molecule has 0 spiro atoms. The second-order valence-electron chi connectivity index (χ2n) is 7.45. The highest BCUT2D eigenvalue weighted by atomic mass is 35.5. The van der Waals surface area contributed by atoms with Crippen molar-refractivity contribution >= 4 is 57.5 Å². The zero-order chi connectivity index (χ0) is 24.9. The molecule has 35 heavy (non-hydrogen) atoms. The van der Waals surface area contributed by atoms with E-state index < -0.39 is 17.7 Å². The topological polar surface area (TPSA) is 101 Å². The minimum Gasteiger partial charge on any atom is -0.494 e. The first-order chi connectivity index (χ1) is 16.9. The number of nitrogens with zero attached hydrogens (tertiary/aromatic N) is 1. The molecular weight excluding hydrogens is 491 g/mol. The van der Waals surface area contributed by atoms with Gasteiger partial charge in [0, 0.05) is 17.0 Å². The Morgan fingerprint density at radius 2 is 1.69 bits per heavy atom. The van der Waals surface area contributed by atoms with E-state index in [1.54, 1.807) is 36.4 Å². The van der Waals surface area contributed by atoms with Crippen LogP contribution in [0.5, 0.6) is 5.75 Å². The number of ether oxygens (including phenoxy) is 1. The standard InChI is InChI=1S/C25H20Cl2N4O4/c1-35-21-9-5-8-16-12-20(23(32)29-19-11-10-17(26)13-18(19)27)31(22(16)21)30-25(34)24(33)28-14-15-6-3-2-4-7-15/h2-13H,14H2,1H3,(H,28,33)(H,29,32)(H,30,34). The Morgan fingerprint density at radius 3 is 2.40 bits per heavy atom. The highest BCUT2D eigenvalue weighted by Crippen LogP contribution is 2.30. The molecule has 0 aliphatic rings. The summed E-state index contributed by atoms with van der Waals surface area (Å²) < 4.78 is 6.64. The molecule has 1 aromatic heterocycles. The number of benzene rings is 3. The van der Waals surface area contributed by atoms with Gasteiger partial charge in [-0.1, -0.05) is 65.7 Å². The lowest BCUT2D eigenvalue weighted by molar-refractivity contribution is -0.136. The zero-order valence-corrected chi connectivity index (χ0v) is 20.0. The monoisotopic (exact) mass is 510 g/mol. The molecule has 0 radical (unpaired) electrons. The largest absolute Gasteiger partial charge is 0.494 e. The number of carbonyl (C=O) groups is 3. The van der Waals surface area contributed by atoms with Crippen molar-refractivity contribution in [2.45, 2.75) is 6.54 Å². The predicted molar refractivity (Wildman–Crippen MR) is 136 cm³/mol. The van der Waals surface area contributed by atoms with Crippen LogP contribution in [-0.2, 0) is 16.1 Å². The Bertz CT molecular complexity index is 1420. The van der Waals surface area contributed by atoms with E-state index in [9.17, 15) is 14.4 Å². The fraction of sp³-hybridized carbons (Fsp3) is 0.0800. The maximum Gasteiger partial charge on any atom is 0.328 e. The highest BCUT2D eigenvalue weighted by Gasteiger charge is 2.23. The number of halogens is 2. The van der Waals surface area contributed by atoms with Gasteiger partial charge in [0.15, 0.2) is 0 Å². The number of aromatic nitrogens is 1. The van der Waals surface area contributed by atoms with E-state index in [1.807, 2.05) is 30.3 Å². The molecule has 4 aromatic rings. The number of hydrogen-bond donors (Lipinski definition) is 3. The molecule has 0 aliphatic carbocycles. The minimum absolute atomic E-state index is 0.0553. The van der Waals surface area contributed by atoms with Crippen LogP contribution in [0.3, 0.4) is 0 Å². The summed E-state index contributed by atoms with van der Waals surface area (Å²) >= 11 is 12.1. The lowest BCUT2D eigenvalue weighted by Gasteiger charge is -2.14. The maximum absolute atomic E-state index is 13.2. The third-order valence-corrected chi connectivity index (χ3v) is 5.68. The van der Waals surface area contributed by atoms with Crippen molar-refractivity contribution in [2.75, 3.05) is 17.9 Å². The Morgan fingerprint density at radius 1 is 0.914 bits per heavy atom. The van der Waals surface area contributed by atoms with Crippen LogP contribution in [-0.4, -0.2) is 29.5 Å². The molecule has 0 aliphatic heterocycles. The van der Waals surface area contributed by atoms with Crippen molar-refractivity contribution in [3.63, 3.8) is 0 Å². The van der Waals surface area contributed by atoms with Gasteiger partial charge in [0.2, 0.25) is 0 Å². The zero-order valence-electron chi connectivity index (χ0n) is 18.5. The fourth-order valence-corrected chi connectivity index (χ4v) is 3.92. The molecule has 4 rings (SSSR count). The van der Waals surface area contributed by atoms with Crippen molar-refractivity contribution in [1.82, 2.24) is 9.99 Å². The number of hydrogen-bond acceptors (Lipinski definition) is 4. The van der Waals surface area contributed by atoms with Crippen LogP contribution in [0, 0.1) is 0 Å². The van der Waals surface area contributed by atoms with E-state index in [1.165, 1.54) is 17.9 Å². The van der Waals surface area contributed by atoms with Gasteiger partial charge in [-0.3, -0.25) is 19.8 Å². The molecule has 0 atom stereocenters. The summed E-state index contributed by atoms with van der Waals surface area (Å²) in [5, 5.41) is 6.54. The van der Waals surface area contributed by atoms with E-state index in [-0.39, 0.29) is 17.3 Å². The number of para-hydroxylation sites is 1. The molecule has 0 saturated carbocycles. The molecule has 8 nitrogen and oxygen atoms in total. The molecule has 3 aromatic carbocycles. The Labute approximate surface area is 210 Å². The van der Waals surface area contributed by atoms with Gasteiger partial charge in [0.05, 0.1) is 17.8 Å². The third-order valence-electron chi connectivity index (χ3n) is 5.13. The van der Waals surface area contributed by atoms with Gasteiger partial charge in [0.25, 0.3) is 5.91 Å². The predicted octanol–water partition coefficient (Wildman–Crippen LogP) is 4.60. The first kappa shape index (κ1) is 24.1. The summed E-state index contributed by atoms with van der Waals surface area (Å²) in [6.07, 6.45) is 0. The molecule has 0 unspecified atom stereocenters. The smallest absolute Gasteiger partial charge is 0.328 e. The van der Waals surface area contributed by atoms with E-state index in [2.05, 4.69) is 16.1 Å². The molecule has 0 bridgehead atoms. The maximum atomic E-state index is 13.2. The summed E-state index contributed by atoms with van der Waals surface area (Å²) in [6.45, 7) is 0.172. The molecular formula is C25H20Cl2N4O4. The molecule has 3 amide bonds. The van der Waals surface area contributed by atoms with Crippen LogP contribution in [0.1, 0.15) is 16.1 Å². The van der Waals surface area contributed by atoms with Crippen molar-refractivity contribution in [3.05, 3.63) is 94.1 Å². The number of fused-ring (bicyclic) bond motifs is 1. The quantitative estimate of drug-likeness (QED) is 0.330. The number of rotatable bonds is 6. The van der Waals surface area contributed by atoms with Crippen LogP contribution < -0.4 is 20.8 Å². The van der Waals surface area contributed by atoms with Crippen molar-refractivity contribution in [3.8, 4) is 5.75 Å². The van der Waals surface area contributed by atoms with Gasteiger partial charge in [-0.2, -0.15) is 0 Å². The lowest BCUT2D eigenvalue weighted by atomic mass is 10.2. The summed E-state index contributed by atoms with van der Waals surface area (Å²) in [4.78, 5) is 38.4. The Balaban J connectivity index is 1.63. The Kier molecular flexibility index (Phi) is 7.24. The van der Waals surface area contributed by atoms with E-state index >= 15 is 0 Å². The molecule has 0 fully saturated rings. The van der Waals surface area contributed by atoms with Crippen molar-refractivity contribution < 1.29 is 19.1 Å². The van der Waals surface area contributed by atoms with E-state index in [0.717, 1.165) is 5.56 Å². The molecule has 10 heteroatoms. The fourth-order valence-electron chi connectivity index (χ4n) is 3.46. The highest BCUT2D eigenvalue weighted by molar-refractivity contribution is 6.38. The van der Waals surface area contributed by atoms with E-state index in [4.69, 9.17) is 27.9 Å². The summed E-state index contributed by atoms with van der Waals surface area (Å²) in [5.41, 5.74) is 4.13.